The second kappa shape index (κ2) is 22.9. The first-order valence-corrected chi connectivity index (χ1v) is 10.1. The fourth-order valence-electron chi connectivity index (χ4n) is 2.98. The average molecular weight is 334 g/mol. The number of rotatable bonds is 18. The van der Waals surface area contributed by atoms with Crippen molar-refractivity contribution in [3.05, 3.63) is 0 Å². The molecule has 0 saturated carbocycles. The zero-order chi connectivity index (χ0) is 17.0. The van der Waals surface area contributed by atoms with Crippen LogP contribution in [0.2, 0.25) is 0 Å². The van der Waals surface area contributed by atoms with Crippen LogP contribution >= 0.6 is 0 Å². The summed E-state index contributed by atoms with van der Waals surface area (Å²) in [6.45, 7) is 2.57. The monoisotopic (exact) mass is 334 g/mol. The molecule has 0 aromatic rings. The van der Waals surface area contributed by atoms with E-state index in [1.165, 1.54) is 96.3 Å². The van der Waals surface area contributed by atoms with Gasteiger partial charge in [0.2, 0.25) is 0 Å². The van der Waals surface area contributed by atoms with E-state index in [0.717, 1.165) is 12.8 Å². The van der Waals surface area contributed by atoms with Gasteiger partial charge < -0.3 is 14.6 Å². The van der Waals surface area contributed by atoms with Crippen molar-refractivity contribution < 1.29 is 33.5 Å². The van der Waals surface area contributed by atoms with Crippen molar-refractivity contribution in [1.29, 1.82) is 0 Å². The molecule has 0 bridgehead atoms. The zero-order valence-electron chi connectivity index (χ0n) is 16.5. The first kappa shape index (κ1) is 26.1. The predicted octanol–water partition coefficient (Wildman–Crippen LogP) is 3.00. The summed E-state index contributed by atoms with van der Waals surface area (Å²) in [5.74, 6) is 0. The quantitative estimate of drug-likeness (QED) is 0.220. The Hall–Kier alpha value is -0.133. The van der Waals surface area contributed by atoms with Gasteiger partial charge in [-0.3, -0.25) is 0 Å². The molecule has 0 aliphatic carbocycles. The number of hydrogen-bond donors (Lipinski definition) is 0. The van der Waals surface area contributed by atoms with Crippen molar-refractivity contribution in [2.45, 2.75) is 116 Å². The molecule has 4 heteroatoms. The van der Waals surface area contributed by atoms with Crippen molar-refractivity contribution >= 4 is 6.16 Å². The molecule has 0 aliphatic rings. The van der Waals surface area contributed by atoms with Crippen molar-refractivity contribution in [3.8, 4) is 0 Å². The van der Waals surface area contributed by atoms with Gasteiger partial charge in [0.1, 0.15) is 0 Å². The van der Waals surface area contributed by atoms with E-state index in [1.54, 1.807) is 0 Å². The van der Waals surface area contributed by atoms with Crippen molar-refractivity contribution in [3.63, 3.8) is 0 Å². The summed E-state index contributed by atoms with van der Waals surface area (Å²) < 4.78 is 4.37. The minimum atomic E-state index is -1.40. The summed E-state index contributed by atoms with van der Waals surface area (Å²) in [5.41, 5.74) is 0. The van der Waals surface area contributed by atoms with Crippen LogP contribution in [0, 0.1) is 0 Å². The molecule has 0 spiro atoms. The molecule has 0 radical (unpaired) electrons. The third-order valence-electron chi connectivity index (χ3n) is 4.47. The van der Waals surface area contributed by atoms with E-state index in [-0.39, 0.29) is 18.9 Å². The molecule has 0 aromatic heterocycles. The molecule has 0 aromatic carbocycles. The number of ether oxygens (including phenoxy) is 1. The van der Waals surface area contributed by atoms with Crippen LogP contribution in [0.3, 0.4) is 0 Å². The molecular formula is C20H39LiO3. The molecule has 0 amide bonds. The Morgan fingerprint density at radius 2 is 0.917 bits per heavy atom. The smallest absolute Gasteiger partial charge is 0.550 e. The molecule has 0 aliphatic heterocycles. The van der Waals surface area contributed by atoms with Crippen LogP contribution in [0.5, 0.6) is 0 Å². The van der Waals surface area contributed by atoms with Gasteiger partial charge in [0.15, 0.2) is 0 Å². The van der Waals surface area contributed by atoms with Crippen LogP contribution in [0.15, 0.2) is 0 Å². The van der Waals surface area contributed by atoms with Gasteiger partial charge in [-0.25, -0.2) is 0 Å². The molecule has 0 rings (SSSR count). The number of carbonyl (C=O) groups is 1. The minimum Gasteiger partial charge on any atom is -0.550 e. The fraction of sp³-hybridized carbons (Fsp3) is 0.950. The first-order valence-electron chi connectivity index (χ1n) is 10.1. The fourth-order valence-corrected chi connectivity index (χ4v) is 2.98. The van der Waals surface area contributed by atoms with E-state index < -0.39 is 6.16 Å². The Morgan fingerprint density at radius 1 is 0.625 bits per heavy atom. The van der Waals surface area contributed by atoms with Gasteiger partial charge in [0, 0.05) is 6.61 Å². The molecule has 24 heavy (non-hydrogen) atoms. The summed E-state index contributed by atoms with van der Waals surface area (Å²) in [6, 6.07) is 0. The normalized spacial score (nSPS) is 10.4. The SMILES string of the molecule is CCCCCCCCCCCCCCCCCCCOC(=O)[O-].[Li+]. The van der Waals surface area contributed by atoms with Crippen molar-refractivity contribution in [2.24, 2.45) is 0 Å². The van der Waals surface area contributed by atoms with Gasteiger partial charge >= 0.3 is 18.9 Å². The largest absolute Gasteiger partial charge is 1.00 e. The second-order valence-corrected chi connectivity index (χ2v) is 6.76. The molecule has 3 nitrogen and oxygen atoms in total. The van der Waals surface area contributed by atoms with Crippen molar-refractivity contribution in [2.75, 3.05) is 6.61 Å². The summed E-state index contributed by atoms with van der Waals surface area (Å²) in [6.07, 6.45) is 21.2. The zero-order valence-corrected chi connectivity index (χ0v) is 16.5. The third-order valence-corrected chi connectivity index (χ3v) is 4.47. The number of unbranched alkanes of at least 4 members (excludes halogenated alkanes) is 16. The van der Waals surface area contributed by atoms with E-state index in [0.29, 0.717) is 6.61 Å². The molecule has 0 heterocycles. The van der Waals surface area contributed by atoms with Crippen LogP contribution in [0.25, 0.3) is 0 Å². The van der Waals surface area contributed by atoms with Crippen LogP contribution < -0.4 is 24.0 Å². The van der Waals surface area contributed by atoms with Crippen LogP contribution in [-0.4, -0.2) is 12.8 Å². The number of carbonyl (C=O) groups excluding carboxylic acids is 1. The average Bonchev–Trinajstić information content (AvgIpc) is 2.53. The molecule has 138 valence electrons. The maximum absolute atomic E-state index is 10.0. The maximum atomic E-state index is 10.0. The van der Waals surface area contributed by atoms with Gasteiger partial charge in [0.05, 0.1) is 0 Å². The van der Waals surface area contributed by atoms with Gasteiger partial charge in [-0.05, 0) is 6.42 Å². The Bertz CT molecular complexity index is 247. The number of carboxylic acid groups (broad SMARTS) is 1. The van der Waals surface area contributed by atoms with Gasteiger partial charge in [-0.15, -0.1) is 0 Å². The Kier molecular flexibility index (Phi) is 24.9. The second-order valence-electron chi connectivity index (χ2n) is 6.76. The first-order chi connectivity index (χ1) is 11.3. The molecular weight excluding hydrogens is 295 g/mol. The van der Waals surface area contributed by atoms with E-state index in [1.807, 2.05) is 0 Å². The van der Waals surface area contributed by atoms with E-state index >= 15 is 0 Å². The molecule has 0 N–H and O–H groups in total. The Labute approximate surface area is 162 Å². The Morgan fingerprint density at radius 3 is 1.21 bits per heavy atom. The summed E-state index contributed by atoms with van der Waals surface area (Å²) in [7, 11) is 0. The van der Waals surface area contributed by atoms with Crippen LogP contribution in [0.4, 0.5) is 4.79 Å². The third kappa shape index (κ3) is 24.1. The standard InChI is InChI=1S/C20H40O3.Li/c1-2-3-4-5-6-7-8-9-10-11-12-13-14-15-16-17-18-19-23-20(21)22;/h2-19H2,1H3,(H,21,22);/q;+1/p-1. The summed E-state index contributed by atoms with van der Waals surface area (Å²) in [5, 5.41) is 10.0. The van der Waals surface area contributed by atoms with Gasteiger partial charge in [-0.1, -0.05) is 110 Å². The molecule has 0 saturated heterocycles. The topological polar surface area (TPSA) is 49.4 Å². The van der Waals surface area contributed by atoms with Crippen LogP contribution in [-0.2, 0) is 4.74 Å². The van der Waals surface area contributed by atoms with Gasteiger partial charge in [-0.2, -0.15) is 0 Å². The summed E-state index contributed by atoms with van der Waals surface area (Å²) in [4.78, 5) is 10.0. The summed E-state index contributed by atoms with van der Waals surface area (Å²) >= 11 is 0. The molecule has 0 fully saturated rings. The minimum absolute atomic E-state index is 0. The van der Waals surface area contributed by atoms with Crippen LogP contribution in [0.1, 0.15) is 116 Å². The van der Waals surface area contributed by atoms with E-state index in [2.05, 4.69) is 11.7 Å². The van der Waals surface area contributed by atoms with E-state index in [4.69, 9.17) is 0 Å². The van der Waals surface area contributed by atoms with E-state index in [9.17, 15) is 9.90 Å². The van der Waals surface area contributed by atoms with Crippen molar-refractivity contribution in [1.82, 2.24) is 0 Å². The molecule has 0 unspecified atom stereocenters. The number of hydrogen-bond acceptors (Lipinski definition) is 3. The predicted molar refractivity (Wildman–Crippen MR) is 95.5 cm³/mol. The Balaban J connectivity index is 0. The van der Waals surface area contributed by atoms with Gasteiger partial charge in [0.25, 0.3) is 6.16 Å². The maximum Gasteiger partial charge on any atom is 1.00 e. The molecule has 0 atom stereocenters.